The van der Waals surface area contributed by atoms with E-state index in [1.54, 1.807) is 6.08 Å². The molecule has 28 heavy (non-hydrogen) atoms. The fraction of sp³-hybridized carbons (Fsp3) is 0.211. The second kappa shape index (κ2) is 6.99. The molecule has 0 saturated carbocycles. The summed E-state index contributed by atoms with van der Waals surface area (Å²) in [6, 6.07) is 4.81. The SMILES string of the molecule is Nc1ccc(F)c(C=C2CN(C(=O)N3N=CC[C@H]3c3cc(F)cc(F)c3)C2)n1. The van der Waals surface area contributed by atoms with E-state index >= 15 is 0 Å². The van der Waals surface area contributed by atoms with Crippen molar-refractivity contribution in [3.05, 3.63) is 64.6 Å². The molecule has 2 amide bonds. The van der Waals surface area contributed by atoms with Crippen LogP contribution in [0.4, 0.5) is 23.8 Å². The van der Waals surface area contributed by atoms with Crippen LogP contribution in [0.25, 0.3) is 6.08 Å². The van der Waals surface area contributed by atoms with Gasteiger partial charge < -0.3 is 10.6 Å². The van der Waals surface area contributed by atoms with E-state index in [-0.39, 0.29) is 30.6 Å². The molecular formula is C19H16F3N5O. The van der Waals surface area contributed by atoms with E-state index < -0.39 is 23.5 Å². The van der Waals surface area contributed by atoms with E-state index in [0.29, 0.717) is 12.0 Å². The number of rotatable bonds is 2. The normalized spacial score (nSPS) is 18.4. The van der Waals surface area contributed by atoms with Gasteiger partial charge in [0.2, 0.25) is 0 Å². The number of anilines is 1. The van der Waals surface area contributed by atoms with Crippen molar-refractivity contribution >= 4 is 24.1 Å². The van der Waals surface area contributed by atoms with Gasteiger partial charge in [0.1, 0.15) is 29.0 Å². The lowest BCUT2D eigenvalue weighted by Gasteiger charge is -2.37. The average Bonchev–Trinajstić information content (AvgIpc) is 3.09. The Morgan fingerprint density at radius 3 is 2.57 bits per heavy atom. The second-order valence-corrected chi connectivity index (χ2v) is 6.64. The minimum absolute atomic E-state index is 0.120. The van der Waals surface area contributed by atoms with Gasteiger partial charge in [-0.25, -0.2) is 28.0 Å². The summed E-state index contributed by atoms with van der Waals surface area (Å²) in [6.45, 7) is 0.565. The Labute approximate surface area is 158 Å². The van der Waals surface area contributed by atoms with Crippen molar-refractivity contribution in [2.24, 2.45) is 5.10 Å². The van der Waals surface area contributed by atoms with Gasteiger partial charge in [-0.1, -0.05) is 0 Å². The van der Waals surface area contributed by atoms with Gasteiger partial charge >= 0.3 is 6.03 Å². The summed E-state index contributed by atoms with van der Waals surface area (Å²) >= 11 is 0. The van der Waals surface area contributed by atoms with Crippen LogP contribution in [0.2, 0.25) is 0 Å². The van der Waals surface area contributed by atoms with Gasteiger partial charge in [0.15, 0.2) is 0 Å². The van der Waals surface area contributed by atoms with Crippen molar-refractivity contribution in [2.75, 3.05) is 18.8 Å². The number of carbonyl (C=O) groups is 1. The van der Waals surface area contributed by atoms with Crippen LogP contribution in [0.15, 0.2) is 41.0 Å². The lowest BCUT2D eigenvalue weighted by atomic mass is 10.0. The zero-order valence-electron chi connectivity index (χ0n) is 14.6. The molecule has 1 saturated heterocycles. The number of nitrogens with zero attached hydrogens (tertiary/aromatic N) is 4. The first-order valence-electron chi connectivity index (χ1n) is 8.59. The molecule has 2 aromatic rings. The zero-order chi connectivity index (χ0) is 19.8. The third-order valence-corrected chi connectivity index (χ3v) is 4.59. The number of nitrogen functional groups attached to an aromatic ring is 1. The van der Waals surface area contributed by atoms with Crippen LogP contribution in [0.5, 0.6) is 0 Å². The highest BCUT2D eigenvalue weighted by Gasteiger charge is 2.35. The standard InChI is InChI=1S/C19H16F3N5O/c20-13-6-12(7-14(21)8-13)17-3-4-24-27(17)19(28)26-9-11(10-26)5-16-15(22)1-2-18(23)25-16/h1-2,4-8,17H,3,9-10H2,(H2,23,25)/t17-/m0/s1. The summed E-state index contributed by atoms with van der Waals surface area (Å²) < 4.78 is 40.8. The third kappa shape index (κ3) is 3.42. The van der Waals surface area contributed by atoms with Gasteiger partial charge in [-0.05, 0) is 41.5 Å². The fourth-order valence-electron chi connectivity index (χ4n) is 3.23. The number of urea groups is 1. The van der Waals surface area contributed by atoms with Crippen LogP contribution in [-0.4, -0.2) is 40.2 Å². The van der Waals surface area contributed by atoms with Crippen LogP contribution in [0, 0.1) is 17.5 Å². The molecule has 0 spiro atoms. The molecule has 2 aliphatic heterocycles. The summed E-state index contributed by atoms with van der Waals surface area (Å²) in [7, 11) is 0. The van der Waals surface area contributed by atoms with E-state index in [0.717, 1.165) is 11.6 Å². The molecule has 1 fully saturated rings. The number of carbonyl (C=O) groups excluding carboxylic acids is 1. The summed E-state index contributed by atoms with van der Waals surface area (Å²) in [5, 5.41) is 5.27. The predicted molar refractivity (Wildman–Crippen MR) is 97.6 cm³/mol. The molecule has 2 aliphatic rings. The highest BCUT2D eigenvalue weighted by atomic mass is 19.1. The molecule has 6 nitrogen and oxygen atoms in total. The summed E-state index contributed by atoms with van der Waals surface area (Å²) in [6.07, 6.45) is 3.46. The smallest absolute Gasteiger partial charge is 0.341 e. The fourth-order valence-corrected chi connectivity index (χ4v) is 3.23. The topological polar surface area (TPSA) is 74.8 Å². The molecule has 2 N–H and O–H groups in total. The highest BCUT2D eigenvalue weighted by Crippen LogP contribution is 2.32. The van der Waals surface area contributed by atoms with Crippen molar-refractivity contribution < 1.29 is 18.0 Å². The molecule has 0 bridgehead atoms. The van der Waals surface area contributed by atoms with Gasteiger partial charge in [-0.3, -0.25) is 0 Å². The van der Waals surface area contributed by atoms with E-state index in [1.807, 2.05) is 0 Å². The van der Waals surface area contributed by atoms with E-state index in [4.69, 9.17) is 5.73 Å². The first-order chi connectivity index (χ1) is 13.4. The minimum Gasteiger partial charge on any atom is -0.384 e. The van der Waals surface area contributed by atoms with Crippen LogP contribution in [0.1, 0.15) is 23.7 Å². The van der Waals surface area contributed by atoms with Crippen LogP contribution in [0.3, 0.4) is 0 Å². The molecule has 1 atom stereocenters. The van der Waals surface area contributed by atoms with Gasteiger partial charge in [-0.15, -0.1) is 0 Å². The van der Waals surface area contributed by atoms with Crippen molar-refractivity contribution in [1.29, 1.82) is 0 Å². The molecule has 1 aromatic heterocycles. The maximum atomic E-state index is 13.8. The number of likely N-dealkylation sites (tertiary alicyclic amines) is 1. The predicted octanol–water partition coefficient (Wildman–Crippen LogP) is 3.33. The first-order valence-corrected chi connectivity index (χ1v) is 8.59. The zero-order valence-corrected chi connectivity index (χ0v) is 14.6. The summed E-state index contributed by atoms with van der Waals surface area (Å²) in [5.41, 5.74) is 6.83. The van der Waals surface area contributed by atoms with E-state index in [1.165, 1.54) is 40.4 Å². The molecular weight excluding hydrogens is 371 g/mol. The molecule has 3 heterocycles. The monoisotopic (exact) mass is 387 g/mol. The Kier molecular flexibility index (Phi) is 4.50. The van der Waals surface area contributed by atoms with Crippen molar-refractivity contribution in [3.63, 3.8) is 0 Å². The maximum Gasteiger partial charge on any atom is 0.341 e. The number of hydrogen-bond donors (Lipinski definition) is 1. The minimum atomic E-state index is -0.708. The van der Waals surface area contributed by atoms with Gasteiger partial charge in [0, 0.05) is 31.8 Å². The Morgan fingerprint density at radius 2 is 1.86 bits per heavy atom. The average molecular weight is 387 g/mol. The Morgan fingerprint density at radius 1 is 1.14 bits per heavy atom. The number of benzene rings is 1. The quantitative estimate of drug-likeness (QED) is 0.859. The van der Waals surface area contributed by atoms with Gasteiger partial charge in [0.05, 0.1) is 6.04 Å². The van der Waals surface area contributed by atoms with Crippen molar-refractivity contribution in [1.82, 2.24) is 14.9 Å². The van der Waals surface area contributed by atoms with Crippen molar-refractivity contribution in [3.8, 4) is 0 Å². The Bertz CT molecular complexity index is 979. The molecule has 144 valence electrons. The largest absolute Gasteiger partial charge is 0.384 e. The number of halogens is 3. The van der Waals surface area contributed by atoms with E-state index in [2.05, 4.69) is 10.1 Å². The number of pyridine rings is 1. The van der Waals surface area contributed by atoms with Gasteiger partial charge in [-0.2, -0.15) is 5.10 Å². The lowest BCUT2D eigenvalue weighted by molar-refractivity contribution is 0.136. The molecule has 0 aliphatic carbocycles. The van der Waals surface area contributed by atoms with Gasteiger partial charge in [0.25, 0.3) is 0 Å². The second-order valence-electron chi connectivity index (χ2n) is 6.64. The number of amides is 2. The highest BCUT2D eigenvalue weighted by molar-refractivity contribution is 5.80. The molecule has 0 unspecified atom stereocenters. The third-order valence-electron chi connectivity index (χ3n) is 4.59. The molecule has 4 rings (SSSR count). The molecule has 0 radical (unpaired) electrons. The number of aromatic nitrogens is 1. The van der Waals surface area contributed by atoms with Crippen LogP contribution < -0.4 is 5.73 Å². The lowest BCUT2D eigenvalue weighted by Crippen LogP contribution is -2.49. The Balaban J connectivity index is 1.46. The maximum absolute atomic E-state index is 13.8. The number of hydrazone groups is 1. The number of nitrogens with two attached hydrogens (primary N) is 1. The first kappa shape index (κ1) is 18.0. The van der Waals surface area contributed by atoms with Crippen LogP contribution in [-0.2, 0) is 0 Å². The number of hydrogen-bond acceptors (Lipinski definition) is 4. The summed E-state index contributed by atoms with van der Waals surface area (Å²) in [5.74, 6) is -1.71. The van der Waals surface area contributed by atoms with Crippen LogP contribution >= 0.6 is 0 Å². The van der Waals surface area contributed by atoms with E-state index in [9.17, 15) is 18.0 Å². The Hall–Kier alpha value is -3.36. The van der Waals surface area contributed by atoms with Crippen molar-refractivity contribution in [2.45, 2.75) is 12.5 Å². The molecule has 9 heteroatoms. The summed E-state index contributed by atoms with van der Waals surface area (Å²) in [4.78, 5) is 18.1. The molecule has 1 aromatic carbocycles.